The van der Waals surface area contributed by atoms with E-state index in [1.165, 1.54) is 24.3 Å². The first-order chi connectivity index (χ1) is 9.31. The monoisotopic (exact) mass is 280 g/mol. The zero-order valence-electron chi connectivity index (χ0n) is 10.8. The average molecular weight is 280 g/mol. The van der Waals surface area contributed by atoms with Gasteiger partial charge in [-0.2, -0.15) is 5.10 Å². The molecule has 0 saturated carbocycles. The quantitative estimate of drug-likeness (QED) is 0.789. The highest BCUT2D eigenvalue weighted by Gasteiger charge is 2.31. The fourth-order valence-electron chi connectivity index (χ4n) is 1.89. The minimum atomic E-state index is -4.70. The zero-order chi connectivity index (χ0) is 14.9. The van der Waals surface area contributed by atoms with Crippen LogP contribution in [-0.4, -0.2) is 16.1 Å². The molecule has 6 heteroatoms. The number of aromatic nitrogens is 2. The normalized spacial score (nSPS) is 11.2. The lowest BCUT2D eigenvalue weighted by Crippen LogP contribution is -2.17. The van der Waals surface area contributed by atoms with E-state index in [0.717, 1.165) is 5.69 Å². The third-order valence-electron chi connectivity index (χ3n) is 2.75. The van der Waals surface area contributed by atoms with Crippen molar-refractivity contribution in [2.75, 3.05) is 0 Å². The predicted octanol–water partition coefficient (Wildman–Crippen LogP) is 3.37. The van der Waals surface area contributed by atoms with Gasteiger partial charge in [-0.15, -0.1) is 19.6 Å². The van der Waals surface area contributed by atoms with Crippen LogP contribution in [0.4, 0.5) is 13.2 Å². The highest BCUT2D eigenvalue weighted by molar-refractivity contribution is 5.45. The van der Waals surface area contributed by atoms with Crippen molar-refractivity contribution in [2.45, 2.75) is 20.2 Å². The molecular weight excluding hydrogens is 269 g/mol. The molecule has 0 spiro atoms. The van der Waals surface area contributed by atoms with E-state index in [1.807, 2.05) is 0 Å². The van der Waals surface area contributed by atoms with Crippen LogP contribution in [0, 0.1) is 26.2 Å². The van der Waals surface area contributed by atoms with Crippen LogP contribution in [0.2, 0.25) is 0 Å². The van der Waals surface area contributed by atoms with Gasteiger partial charge in [0, 0.05) is 0 Å². The highest BCUT2D eigenvalue weighted by atomic mass is 19.4. The summed E-state index contributed by atoms with van der Waals surface area (Å²) in [5.74, 6) is 2.26. The first-order valence-corrected chi connectivity index (χ1v) is 5.71. The molecule has 0 unspecified atom stereocenters. The summed E-state index contributed by atoms with van der Waals surface area (Å²) in [6, 6.07) is 5.44. The number of aryl methyl sites for hydroxylation is 1. The van der Waals surface area contributed by atoms with E-state index in [-0.39, 0.29) is 5.75 Å². The zero-order valence-corrected chi connectivity index (χ0v) is 10.8. The Labute approximate surface area is 114 Å². The van der Waals surface area contributed by atoms with Gasteiger partial charge in [-0.3, -0.25) is 0 Å². The summed E-state index contributed by atoms with van der Waals surface area (Å²) >= 11 is 0. The molecule has 0 amide bonds. The number of benzene rings is 1. The maximum absolute atomic E-state index is 12.1. The molecule has 0 atom stereocenters. The first-order valence-electron chi connectivity index (χ1n) is 5.71. The number of terminal acetylenes is 1. The second-order valence-electron chi connectivity index (χ2n) is 4.14. The van der Waals surface area contributed by atoms with Crippen LogP contribution in [0.25, 0.3) is 5.69 Å². The van der Waals surface area contributed by atoms with Gasteiger partial charge in [-0.25, -0.2) is 4.68 Å². The largest absolute Gasteiger partial charge is 0.573 e. The van der Waals surface area contributed by atoms with Crippen molar-refractivity contribution in [3.8, 4) is 23.8 Å². The molecule has 0 bridgehead atoms. The third-order valence-corrected chi connectivity index (χ3v) is 2.75. The predicted molar refractivity (Wildman–Crippen MR) is 67.7 cm³/mol. The van der Waals surface area contributed by atoms with E-state index < -0.39 is 6.36 Å². The van der Waals surface area contributed by atoms with Crippen LogP contribution >= 0.6 is 0 Å². The third kappa shape index (κ3) is 2.77. The van der Waals surface area contributed by atoms with E-state index in [4.69, 9.17) is 6.42 Å². The molecule has 2 aromatic rings. The number of rotatable bonds is 2. The summed E-state index contributed by atoms with van der Waals surface area (Å²) in [5, 5.41) is 4.27. The maximum Gasteiger partial charge on any atom is 0.573 e. The van der Waals surface area contributed by atoms with Gasteiger partial charge in [0.1, 0.15) is 5.75 Å². The number of hydrogen-bond donors (Lipinski definition) is 0. The minimum absolute atomic E-state index is 0.278. The Kier molecular flexibility index (Phi) is 3.45. The number of alkyl halides is 3. The van der Waals surface area contributed by atoms with Crippen molar-refractivity contribution >= 4 is 0 Å². The first kappa shape index (κ1) is 14.0. The summed E-state index contributed by atoms with van der Waals surface area (Å²) < 4.78 is 41.6. The lowest BCUT2D eigenvalue weighted by molar-refractivity contribution is -0.274. The van der Waals surface area contributed by atoms with E-state index >= 15 is 0 Å². The van der Waals surface area contributed by atoms with Gasteiger partial charge in [0.25, 0.3) is 0 Å². The van der Waals surface area contributed by atoms with Gasteiger partial charge < -0.3 is 4.74 Å². The molecule has 104 valence electrons. The number of ether oxygens (including phenoxy) is 1. The minimum Gasteiger partial charge on any atom is -0.406 e. The summed E-state index contributed by atoms with van der Waals surface area (Å²) in [4.78, 5) is 0. The summed E-state index contributed by atoms with van der Waals surface area (Å²) in [5.41, 5.74) is 2.75. The van der Waals surface area contributed by atoms with Crippen molar-refractivity contribution in [1.29, 1.82) is 0 Å². The van der Waals surface area contributed by atoms with Crippen LogP contribution < -0.4 is 4.74 Å². The van der Waals surface area contributed by atoms with Crippen molar-refractivity contribution in [1.82, 2.24) is 9.78 Å². The fraction of sp³-hybridized carbons (Fsp3) is 0.214. The molecule has 1 aromatic heterocycles. The smallest absolute Gasteiger partial charge is 0.406 e. The SMILES string of the molecule is C#Cc1c(C)nn(-c2ccc(OC(F)(F)F)cc2)c1C. The molecule has 1 aromatic carbocycles. The molecule has 0 aliphatic rings. The lowest BCUT2D eigenvalue weighted by atomic mass is 10.2. The van der Waals surface area contributed by atoms with Crippen molar-refractivity contribution in [3.05, 3.63) is 41.2 Å². The van der Waals surface area contributed by atoms with Gasteiger partial charge in [-0.05, 0) is 38.1 Å². The molecule has 20 heavy (non-hydrogen) atoms. The van der Waals surface area contributed by atoms with Crippen molar-refractivity contribution in [2.24, 2.45) is 0 Å². The van der Waals surface area contributed by atoms with E-state index in [1.54, 1.807) is 18.5 Å². The maximum atomic E-state index is 12.1. The van der Waals surface area contributed by atoms with Gasteiger partial charge in [0.2, 0.25) is 0 Å². The van der Waals surface area contributed by atoms with Crippen LogP contribution in [0.15, 0.2) is 24.3 Å². The van der Waals surface area contributed by atoms with Crippen molar-refractivity contribution in [3.63, 3.8) is 0 Å². The van der Waals surface area contributed by atoms with Gasteiger partial charge in [-0.1, -0.05) is 5.92 Å². The van der Waals surface area contributed by atoms with E-state index in [2.05, 4.69) is 15.8 Å². The molecule has 0 aliphatic carbocycles. The van der Waals surface area contributed by atoms with Crippen LogP contribution in [0.3, 0.4) is 0 Å². The second-order valence-corrected chi connectivity index (χ2v) is 4.14. The molecule has 0 radical (unpaired) electrons. The summed E-state index contributed by atoms with van der Waals surface area (Å²) in [6.45, 7) is 3.58. The molecule has 0 N–H and O–H groups in total. The fourth-order valence-corrected chi connectivity index (χ4v) is 1.89. The second kappa shape index (κ2) is 4.93. The Morgan fingerprint density at radius 1 is 1.20 bits per heavy atom. The van der Waals surface area contributed by atoms with Gasteiger partial charge >= 0.3 is 6.36 Å². The highest BCUT2D eigenvalue weighted by Crippen LogP contribution is 2.24. The standard InChI is InChI=1S/C14H11F3N2O/c1-4-13-9(2)18-19(10(13)3)11-5-7-12(8-6-11)20-14(15,16)17/h1,5-8H,2-3H3. The molecule has 1 heterocycles. The Morgan fingerprint density at radius 2 is 1.80 bits per heavy atom. The molecule has 0 aliphatic heterocycles. The molecule has 0 fully saturated rings. The molecule has 0 saturated heterocycles. The van der Waals surface area contributed by atoms with Gasteiger partial charge in [0.15, 0.2) is 0 Å². The number of halogens is 3. The topological polar surface area (TPSA) is 27.1 Å². The van der Waals surface area contributed by atoms with Gasteiger partial charge in [0.05, 0.1) is 22.6 Å². The molecule has 3 nitrogen and oxygen atoms in total. The summed E-state index contributed by atoms with van der Waals surface area (Å²) in [7, 11) is 0. The van der Waals surface area contributed by atoms with E-state index in [9.17, 15) is 13.2 Å². The van der Waals surface area contributed by atoms with Crippen LogP contribution in [0.1, 0.15) is 17.0 Å². The van der Waals surface area contributed by atoms with E-state index in [0.29, 0.717) is 16.9 Å². The molecule has 2 rings (SSSR count). The Morgan fingerprint density at radius 3 is 2.25 bits per heavy atom. The average Bonchev–Trinajstić information content (AvgIpc) is 2.63. The van der Waals surface area contributed by atoms with Crippen LogP contribution in [-0.2, 0) is 0 Å². The Bertz CT molecular complexity index is 663. The Balaban J connectivity index is 2.34. The summed E-state index contributed by atoms with van der Waals surface area (Å²) in [6.07, 6.45) is 0.690. The van der Waals surface area contributed by atoms with Crippen LogP contribution in [0.5, 0.6) is 5.75 Å². The van der Waals surface area contributed by atoms with Crippen molar-refractivity contribution < 1.29 is 17.9 Å². The number of hydrogen-bond acceptors (Lipinski definition) is 2. The molecular formula is C14H11F3N2O. The number of nitrogens with zero attached hydrogens (tertiary/aromatic N) is 2. The lowest BCUT2D eigenvalue weighted by Gasteiger charge is -2.10. The Hall–Kier alpha value is -2.42.